The number of carbonyl (C=O) groups excluding carboxylic acids is 1. The Morgan fingerprint density at radius 3 is 2.68 bits per heavy atom. The SMILES string of the molecule is CCNC(=NCc1cnc(C)s1)N1CCN(C(=O)Cc2cccc(Cl)c2)CC1. The average molecular weight is 420 g/mol. The number of rotatable bonds is 5. The maximum atomic E-state index is 12.6. The number of aromatic nitrogens is 1. The van der Waals surface area contributed by atoms with Crippen molar-refractivity contribution in [3.8, 4) is 0 Å². The van der Waals surface area contributed by atoms with Crippen molar-refractivity contribution in [2.24, 2.45) is 4.99 Å². The zero-order chi connectivity index (χ0) is 19.9. The maximum Gasteiger partial charge on any atom is 0.227 e. The van der Waals surface area contributed by atoms with Gasteiger partial charge in [0, 0.05) is 48.8 Å². The van der Waals surface area contributed by atoms with Gasteiger partial charge in [0.2, 0.25) is 5.91 Å². The second-order valence-electron chi connectivity index (χ2n) is 6.69. The monoisotopic (exact) mass is 419 g/mol. The summed E-state index contributed by atoms with van der Waals surface area (Å²) >= 11 is 7.69. The number of hydrogen-bond donors (Lipinski definition) is 1. The van der Waals surface area contributed by atoms with E-state index in [9.17, 15) is 4.79 Å². The fraction of sp³-hybridized carbons (Fsp3) is 0.450. The highest BCUT2D eigenvalue weighted by atomic mass is 35.5. The minimum Gasteiger partial charge on any atom is -0.357 e. The molecule has 3 rings (SSSR count). The zero-order valence-corrected chi connectivity index (χ0v) is 17.9. The third kappa shape index (κ3) is 5.69. The smallest absolute Gasteiger partial charge is 0.227 e. The van der Waals surface area contributed by atoms with E-state index in [0.717, 1.165) is 41.0 Å². The molecule has 1 aliphatic rings. The van der Waals surface area contributed by atoms with Crippen LogP contribution in [0.5, 0.6) is 0 Å². The Bertz CT molecular complexity index is 830. The molecule has 8 heteroatoms. The van der Waals surface area contributed by atoms with Gasteiger partial charge in [0.1, 0.15) is 0 Å². The largest absolute Gasteiger partial charge is 0.357 e. The number of carbonyl (C=O) groups is 1. The van der Waals surface area contributed by atoms with Gasteiger partial charge in [0.15, 0.2) is 5.96 Å². The van der Waals surface area contributed by atoms with Gasteiger partial charge in [0.05, 0.1) is 18.0 Å². The van der Waals surface area contributed by atoms with Gasteiger partial charge in [-0.05, 0) is 31.5 Å². The number of halogens is 1. The lowest BCUT2D eigenvalue weighted by molar-refractivity contribution is -0.131. The third-order valence-electron chi connectivity index (χ3n) is 4.56. The standard InChI is InChI=1S/C20H26ClN5OS/c1-3-22-20(24-14-18-13-23-15(2)28-18)26-9-7-25(8-10-26)19(27)12-16-5-4-6-17(21)11-16/h4-6,11,13H,3,7-10,12,14H2,1-2H3,(H,22,24). The van der Waals surface area contributed by atoms with Crippen molar-refractivity contribution in [2.45, 2.75) is 26.8 Å². The summed E-state index contributed by atoms with van der Waals surface area (Å²) in [6.07, 6.45) is 2.28. The van der Waals surface area contributed by atoms with Gasteiger partial charge in [-0.15, -0.1) is 11.3 Å². The van der Waals surface area contributed by atoms with Crippen LogP contribution in [0.3, 0.4) is 0 Å². The van der Waals surface area contributed by atoms with Crippen molar-refractivity contribution in [1.82, 2.24) is 20.1 Å². The van der Waals surface area contributed by atoms with Crippen LogP contribution in [0, 0.1) is 6.92 Å². The lowest BCUT2D eigenvalue weighted by Crippen LogP contribution is -2.54. The molecule has 2 aromatic rings. The van der Waals surface area contributed by atoms with Crippen LogP contribution in [0.1, 0.15) is 22.4 Å². The number of aryl methyl sites for hydroxylation is 1. The number of benzene rings is 1. The van der Waals surface area contributed by atoms with Crippen molar-refractivity contribution in [3.63, 3.8) is 0 Å². The molecule has 1 amide bonds. The Kier molecular flexibility index (Phi) is 7.28. The molecule has 0 atom stereocenters. The zero-order valence-electron chi connectivity index (χ0n) is 16.3. The predicted molar refractivity (Wildman–Crippen MR) is 115 cm³/mol. The second kappa shape index (κ2) is 9.89. The Morgan fingerprint density at radius 1 is 1.29 bits per heavy atom. The van der Waals surface area contributed by atoms with Gasteiger partial charge >= 0.3 is 0 Å². The number of amides is 1. The summed E-state index contributed by atoms with van der Waals surface area (Å²) in [4.78, 5) is 26.9. The topological polar surface area (TPSA) is 60.8 Å². The first-order chi connectivity index (χ1) is 13.5. The molecule has 0 saturated carbocycles. The Labute approximate surface area is 175 Å². The van der Waals surface area contributed by atoms with E-state index in [2.05, 4.69) is 22.1 Å². The predicted octanol–water partition coefficient (Wildman–Crippen LogP) is 2.96. The second-order valence-corrected chi connectivity index (χ2v) is 8.45. The van der Waals surface area contributed by atoms with E-state index in [1.54, 1.807) is 11.3 Å². The molecule has 1 aliphatic heterocycles. The molecule has 2 heterocycles. The molecule has 1 N–H and O–H groups in total. The van der Waals surface area contributed by atoms with Gasteiger partial charge < -0.3 is 15.1 Å². The number of thiazole rings is 1. The number of aliphatic imine (C=N–C) groups is 1. The minimum atomic E-state index is 0.143. The van der Waals surface area contributed by atoms with Gasteiger partial charge in [0.25, 0.3) is 0 Å². The van der Waals surface area contributed by atoms with Gasteiger partial charge in [-0.1, -0.05) is 23.7 Å². The molecule has 0 radical (unpaired) electrons. The van der Waals surface area contributed by atoms with Crippen LogP contribution in [0.2, 0.25) is 5.02 Å². The van der Waals surface area contributed by atoms with Gasteiger partial charge in [-0.25, -0.2) is 9.98 Å². The van der Waals surface area contributed by atoms with Crippen LogP contribution >= 0.6 is 22.9 Å². The molecule has 1 aromatic carbocycles. The van der Waals surface area contributed by atoms with Crippen LogP contribution in [0.25, 0.3) is 0 Å². The average Bonchev–Trinajstić information content (AvgIpc) is 3.10. The van der Waals surface area contributed by atoms with Crippen molar-refractivity contribution >= 4 is 34.8 Å². The fourth-order valence-electron chi connectivity index (χ4n) is 3.16. The Morgan fingerprint density at radius 2 is 2.04 bits per heavy atom. The molecule has 28 heavy (non-hydrogen) atoms. The van der Waals surface area contributed by atoms with E-state index < -0.39 is 0 Å². The highest BCUT2D eigenvalue weighted by molar-refractivity contribution is 7.11. The van der Waals surface area contributed by atoms with E-state index in [0.29, 0.717) is 31.1 Å². The van der Waals surface area contributed by atoms with Crippen molar-refractivity contribution in [1.29, 1.82) is 0 Å². The molecule has 1 aromatic heterocycles. The molecular formula is C20H26ClN5OS. The minimum absolute atomic E-state index is 0.143. The molecular weight excluding hydrogens is 394 g/mol. The Balaban J connectivity index is 1.55. The molecule has 1 saturated heterocycles. The first kappa shape index (κ1) is 20.6. The van der Waals surface area contributed by atoms with Crippen LogP contribution in [-0.4, -0.2) is 59.4 Å². The van der Waals surface area contributed by atoms with Crippen molar-refractivity contribution in [3.05, 3.63) is 50.9 Å². The van der Waals surface area contributed by atoms with Crippen molar-refractivity contribution in [2.75, 3.05) is 32.7 Å². The molecule has 1 fully saturated rings. The summed E-state index contributed by atoms with van der Waals surface area (Å²) < 4.78 is 0. The van der Waals surface area contributed by atoms with E-state index in [-0.39, 0.29) is 5.91 Å². The molecule has 0 unspecified atom stereocenters. The lowest BCUT2D eigenvalue weighted by atomic mass is 10.1. The van der Waals surface area contributed by atoms with Gasteiger partial charge in [-0.3, -0.25) is 4.79 Å². The number of guanidine groups is 1. The molecule has 0 aliphatic carbocycles. The number of nitrogens with zero attached hydrogens (tertiary/aromatic N) is 4. The summed E-state index contributed by atoms with van der Waals surface area (Å²) in [5.41, 5.74) is 0.953. The van der Waals surface area contributed by atoms with E-state index in [4.69, 9.17) is 16.6 Å². The third-order valence-corrected chi connectivity index (χ3v) is 5.70. The maximum absolute atomic E-state index is 12.6. The Hall–Kier alpha value is -2.12. The van der Waals surface area contributed by atoms with Gasteiger partial charge in [-0.2, -0.15) is 0 Å². The molecule has 0 bridgehead atoms. The summed E-state index contributed by atoms with van der Waals surface area (Å²) in [7, 11) is 0. The highest BCUT2D eigenvalue weighted by Gasteiger charge is 2.23. The van der Waals surface area contributed by atoms with Crippen LogP contribution in [0.15, 0.2) is 35.5 Å². The van der Waals surface area contributed by atoms with Crippen molar-refractivity contribution < 1.29 is 4.79 Å². The number of nitrogens with one attached hydrogen (secondary N) is 1. The summed E-state index contributed by atoms with van der Waals surface area (Å²) in [6.45, 7) is 8.45. The molecule has 0 spiro atoms. The first-order valence-electron chi connectivity index (χ1n) is 9.52. The fourth-order valence-corrected chi connectivity index (χ4v) is 4.09. The number of piperazine rings is 1. The van der Waals surface area contributed by atoms with Crippen LogP contribution < -0.4 is 5.32 Å². The molecule has 150 valence electrons. The lowest BCUT2D eigenvalue weighted by Gasteiger charge is -2.36. The quantitative estimate of drug-likeness (QED) is 0.598. The first-order valence-corrected chi connectivity index (χ1v) is 10.7. The molecule has 6 nitrogen and oxygen atoms in total. The highest BCUT2D eigenvalue weighted by Crippen LogP contribution is 2.14. The van der Waals surface area contributed by atoms with Crippen LogP contribution in [0.4, 0.5) is 0 Å². The summed E-state index contributed by atoms with van der Waals surface area (Å²) in [5, 5.41) is 5.08. The normalized spacial score (nSPS) is 15.0. The summed E-state index contributed by atoms with van der Waals surface area (Å²) in [5.74, 6) is 1.04. The number of hydrogen-bond acceptors (Lipinski definition) is 4. The summed E-state index contributed by atoms with van der Waals surface area (Å²) in [6, 6.07) is 7.50. The van der Waals surface area contributed by atoms with E-state index in [1.165, 1.54) is 0 Å². The van der Waals surface area contributed by atoms with E-state index in [1.807, 2.05) is 42.3 Å². The van der Waals surface area contributed by atoms with Crippen LogP contribution in [-0.2, 0) is 17.8 Å². The van der Waals surface area contributed by atoms with E-state index >= 15 is 0 Å².